The monoisotopic (exact) mass is 227 g/mol. The first-order chi connectivity index (χ1) is 7.31. The van der Waals surface area contributed by atoms with Gasteiger partial charge >= 0.3 is 5.97 Å². The van der Waals surface area contributed by atoms with Crippen LogP contribution in [-0.2, 0) is 4.79 Å². The van der Waals surface area contributed by atoms with Crippen LogP contribution >= 0.6 is 0 Å². The predicted octanol–water partition coefficient (Wildman–Crippen LogP) is 2.61. The van der Waals surface area contributed by atoms with Gasteiger partial charge < -0.3 is 10.0 Å². The lowest BCUT2D eigenvalue weighted by molar-refractivity contribution is -0.143. The first kappa shape index (κ1) is 13.5. The van der Waals surface area contributed by atoms with Crippen molar-refractivity contribution < 1.29 is 9.90 Å². The molecule has 0 saturated heterocycles. The molecule has 0 aromatic carbocycles. The zero-order chi connectivity index (χ0) is 12.3. The van der Waals surface area contributed by atoms with Crippen LogP contribution in [0.2, 0.25) is 0 Å². The Hall–Kier alpha value is -0.570. The second-order valence-electron chi connectivity index (χ2n) is 6.23. The first-order valence-corrected chi connectivity index (χ1v) is 6.24. The van der Waals surface area contributed by atoms with Crippen LogP contribution in [-0.4, -0.2) is 35.6 Å². The van der Waals surface area contributed by atoms with Crippen molar-refractivity contribution in [1.29, 1.82) is 0 Å². The van der Waals surface area contributed by atoms with Gasteiger partial charge in [-0.1, -0.05) is 27.2 Å². The van der Waals surface area contributed by atoms with Gasteiger partial charge in [-0.25, -0.2) is 0 Å². The Morgan fingerprint density at radius 2 is 2.00 bits per heavy atom. The topological polar surface area (TPSA) is 40.5 Å². The van der Waals surface area contributed by atoms with Crippen molar-refractivity contribution in [3.05, 3.63) is 0 Å². The Morgan fingerprint density at radius 3 is 2.50 bits per heavy atom. The molecular formula is C13H25NO2. The second kappa shape index (κ2) is 5.17. The molecule has 3 nitrogen and oxygen atoms in total. The summed E-state index contributed by atoms with van der Waals surface area (Å²) in [5, 5.41) is 9.13. The van der Waals surface area contributed by atoms with Crippen molar-refractivity contribution in [3.63, 3.8) is 0 Å². The maximum atomic E-state index is 11.1. The number of carboxylic acid groups (broad SMARTS) is 1. The molecule has 3 heteroatoms. The van der Waals surface area contributed by atoms with Crippen LogP contribution < -0.4 is 0 Å². The van der Waals surface area contributed by atoms with Gasteiger partial charge in [0, 0.05) is 6.04 Å². The van der Waals surface area contributed by atoms with Gasteiger partial charge in [-0.2, -0.15) is 0 Å². The van der Waals surface area contributed by atoms with E-state index in [4.69, 9.17) is 5.11 Å². The highest BCUT2D eigenvalue weighted by atomic mass is 16.4. The molecule has 0 aromatic heterocycles. The normalized spacial score (nSPS) is 26.3. The van der Waals surface area contributed by atoms with E-state index in [2.05, 4.69) is 32.7 Å². The molecule has 2 atom stereocenters. The Balaban J connectivity index is 2.47. The van der Waals surface area contributed by atoms with Gasteiger partial charge in [0.25, 0.3) is 0 Å². The Labute approximate surface area is 98.8 Å². The van der Waals surface area contributed by atoms with E-state index in [1.807, 2.05) is 0 Å². The van der Waals surface area contributed by atoms with Crippen LogP contribution in [0.25, 0.3) is 0 Å². The standard InChI is InChI=1S/C13H25NO2/c1-13(2,3)8-9-14(4)11-7-5-6-10(11)12(15)16/h10-11H,5-9H2,1-4H3,(H,15,16)/t10-,11+/m1/s1. The van der Waals surface area contributed by atoms with E-state index in [1.165, 1.54) is 0 Å². The van der Waals surface area contributed by atoms with Crippen LogP contribution in [0.3, 0.4) is 0 Å². The lowest BCUT2D eigenvalue weighted by Crippen LogP contribution is -2.39. The minimum absolute atomic E-state index is 0.148. The molecule has 1 fully saturated rings. The van der Waals surface area contributed by atoms with Crippen LogP contribution in [0.5, 0.6) is 0 Å². The maximum Gasteiger partial charge on any atom is 0.308 e. The molecule has 0 unspecified atom stereocenters. The summed E-state index contributed by atoms with van der Waals surface area (Å²) in [7, 11) is 2.07. The van der Waals surface area contributed by atoms with Crippen molar-refractivity contribution in [2.45, 2.75) is 52.5 Å². The molecule has 1 aliphatic carbocycles. The molecule has 94 valence electrons. The first-order valence-electron chi connectivity index (χ1n) is 6.24. The van der Waals surface area contributed by atoms with E-state index in [0.29, 0.717) is 5.41 Å². The van der Waals surface area contributed by atoms with Gasteiger partial charge in [0.1, 0.15) is 0 Å². The predicted molar refractivity (Wildman–Crippen MR) is 65.5 cm³/mol. The summed E-state index contributed by atoms with van der Waals surface area (Å²) in [6.45, 7) is 7.68. The summed E-state index contributed by atoms with van der Waals surface area (Å²) >= 11 is 0. The van der Waals surface area contributed by atoms with Crippen molar-refractivity contribution in [3.8, 4) is 0 Å². The SMILES string of the molecule is CN(CCC(C)(C)C)[C@H]1CCC[C@H]1C(=O)O. The third kappa shape index (κ3) is 3.78. The van der Waals surface area contributed by atoms with Gasteiger partial charge in [0.2, 0.25) is 0 Å². The summed E-state index contributed by atoms with van der Waals surface area (Å²) in [4.78, 5) is 13.3. The zero-order valence-electron chi connectivity index (χ0n) is 11.0. The van der Waals surface area contributed by atoms with Crippen LogP contribution in [0, 0.1) is 11.3 Å². The van der Waals surface area contributed by atoms with Gasteiger partial charge in [-0.05, 0) is 38.3 Å². The minimum atomic E-state index is -0.620. The Kier molecular flexibility index (Phi) is 4.36. The smallest absolute Gasteiger partial charge is 0.308 e. The van der Waals surface area contributed by atoms with E-state index < -0.39 is 5.97 Å². The number of carboxylic acids is 1. The fourth-order valence-electron chi connectivity index (χ4n) is 2.43. The van der Waals surface area contributed by atoms with Crippen molar-refractivity contribution in [1.82, 2.24) is 4.90 Å². The lowest BCUT2D eigenvalue weighted by Gasteiger charge is -2.30. The van der Waals surface area contributed by atoms with Crippen LogP contribution in [0.15, 0.2) is 0 Å². The van der Waals surface area contributed by atoms with Crippen LogP contribution in [0.1, 0.15) is 46.5 Å². The van der Waals surface area contributed by atoms with E-state index in [9.17, 15) is 4.79 Å². The Bertz CT molecular complexity index is 245. The molecular weight excluding hydrogens is 202 g/mol. The van der Waals surface area contributed by atoms with Crippen molar-refractivity contribution in [2.75, 3.05) is 13.6 Å². The molecule has 0 bridgehead atoms. The maximum absolute atomic E-state index is 11.1. The quantitative estimate of drug-likeness (QED) is 0.802. The highest BCUT2D eigenvalue weighted by Crippen LogP contribution is 2.30. The van der Waals surface area contributed by atoms with E-state index in [0.717, 1.165) is 32.2 Å². The van der Waals surface area contributed by atoms with Crippen molar-refractivity contribution >= 4 is 5.97 Å². The Morgan fingerprint density at radius 1 is 1.38 bits per heavy atom. The summed E-state index contributed by atoms with van der Waals surface area (Å²) in [6, 6.07) is 0.250. The number of aliphatic carboxylic acids is 1. The van der Waals surface area contributed by atoms with E-state index in [1.54, 1.807) is 0 Å². The molecule has 0 radical (unpaired) electrons. The summed E-state index contributed by atoms with van der Waals surface area (Å²) < 4.78 is 0. The summed E-state index contributed by atoms with van der Waals surface area (Å²) in [5.74, 6) is -0.768. The third-order valence-corrected chi connectivity index (χ3v) is 3.58. The zero-order valence-corrected chi connectivity index (χ0v) is 11.0. The average molecular weight is 227 g/mol. The van der Waals surface area contributed by atoms with Crippen molar-refractivity contribution in [2.24, 2.45) is 11.3 Å². The fraction of sp³-hybridized carbons (Fsp3) is 0.923. The van der Waals surface area contributed by atoms with Crippen LogP contribution in [0.4, 0.5) is 0 Å². The number of carbonyl (C=O) groups is 1. The molecule has 0 spiro atoms. The molecule has 16 heavy (non-hydrogen) atoms. The largest absolute Gasteiger partial charge is 0.481 e. The highest BCUT2D eigenvalue weighted by Gasteiger charge is 2.35. The van der Waals surface area contributed by atoms with E-state index >= 15 is 0 Å². The number of hydrogen-bond acceptors (Lipinski definition) is 2. The number of hydrogen-bond donors (Lipinski definition) is 1. The molecule has 0 heterocycles. The average Bonchev–Trinajstić information content (AvgIpc) is 2.61. The fourth-order valence-corrected chi connectivity index (χ4v) is 2.43. The van der Waals surface area contributed by atoms with Gasteiger partial charge in [0.05, 0.1) is 5.92 Å². The van der Waals surface area contributed by atoms with Gasteiger partial charge in [0.15, 0.2) is 0 Å². The lowest BCUT2D eigenvalue weighted by atomic mass is 9.91. The highest BCUT2D eigenvalue weighted by molar-refractivity contribution is 5.71. The second-order valence-corrected chi connectivity index (χ2v) is 6.23. The summed E-state index contributed by atoms with van der Waals surface area (Å²) in [5.41, 5.74) is 0.325. The van der Waals surface area contributed by atoms with Gasteiger partial charge in [-0.3, -0.25) is 4.79 Å². The molecule has 0 aromatic rings. The minimum Gasteiger partial charge on any atom is -0.481 e. The van der Waals surface area contributed by atoms with Gasteiger partial charge in [-0.15, -0.1) is 0 Å². The molecule has 0 aliphatic heterocycles. The van der Waals surface area contributed by atoms with E-state index in [-0.39, 0.29) is 12.0 Å². The molecule has 1 N–H and O–H groups in total. The molecule has 1 saturated carbocycles. The molecule has 1 rings (SSSR count). The number of nitrogens with zero attached hydrogens (tertiary/aromatic N) is 1. The summed E-state index contributed by atoms with van der Waals surface area (Å²) in [6.07, 6.45) is 4.06. The molecule has 1 aliphatic rings. The third-order valence-electron chi connectivity index (χ3n) is 3.58. The number of rotatable bonds is 4. The molecule has 0 amide bonds.